The molecule has 3 rings (SSSR count). The molecule has 1 heterocycles. The van der Waals surface area contributed by atoms with Gasteiger partial charge in [-0.15, -0.1) is 5.10 Å². The van der Waals surface area contributed by atoms with E-state index in [9.17, 15) is 0 Å². The standard InChI is InChI=1S/C15H21N5O/c1-2-21-13-10-6-9-12(16)14(13)15-17-18-19-20(15)11-7-4-3-5-8-11/h6,9-11H,2-5,7-8,16H2,1H3. The molecule has 112 valence electrons. The molecule has 1 aliphatic rings. The largest absolute Gasteiger partial charge is 0.493 e. The summed E-state index contributed by atoms with van der Waals surface area (Å²) in [6.07, 6.45) is 5.99. The molecule has 21 heavy (non-hydrogen) atoms. The molecule has 1 fully saturated rings. The van der Waals surface area contributed by atoms with Crippen molar-refractivity contribution in [3.8, 4) is 17.1 Å². The van der Waals surface area contributed by atoms with Gasteiger partial charge in [0, 0.05) is 5.69 Å². The molecule has 0 bridgehead atoms. The number of hydrogen-bond donors (Lipinski definition) is 1. The normalized spacial score (nSPS) is 16.0. The average molecular weight is 287 g/mol. The van der Waals surface area contributed by atoms with Gasteiger partial charge in [0.1, 0.15) is 5.75 Å². The van der Waals surface area contributed by atoms with Crippen LogP contribution in [-0.2, 0) is 0 Å². The fourth-order valence-corrected chi connectivity index (χ4v) is 2.99. The van der Waals surface area contributed by atoms with E-state index in [0.29, 0.717) is 24.2 Å². The number of benzene rings is 1. The number of nitrogens with two attached hydrogens (primary N) is 1. The zero-order valence-corrected chi connectivity index (χ0v) is 12.3. The molecular weight excluding hydrogens is 266 g/mol. The molecule has 0 saturated heterocycles. The Bertz CT molecular complexity index is 604. The second-order valence-electron chi connectivity index (χ2n) is 5.39. The molecule has 0 amide bonds. The summed E-state index contributed by atoms with van der Waals surface area (Å²) in [5.74, 6) is 1.45. The van der Waals surface area contributed by atoms with Gasteiger partial charge in [0.15, 0.2) is 5.82 Å². The Labute approximate surface area is 124 Å². The van der Waals surface area contributed by atoms with Crippen LogP contribution in [0.5, 0.6) is 5.75 Å². The average Bonchev–Trinajstić information content (AvgIpc) is 2.98. The van der Waals surface area contributed by atoms with Crippen molar-refractivity contribution in [1.29, 1.82) is 0 Å². The summed E-state index contributed by atoms with van der Waals surface area (Å²) in [6, 6.07) is 6.02. The lowest BCUT2D eigenvalue weighted by molar-refractivity contribution is 0.324. The van der Waals surface area contributed by atoms with Crippen molar-refractivity contribution < 1.29 is 4.74 Å². The van der Waals surface area contributed by atoms with Crippen molar-refractivity contribution in [2.24, 2.45) is 0 Å². The summed E-state index contributed by atoms with van der Waals surface area (Å²) < 4.78 is 7.62. The van der Waals surface area contributed by atoms with Gasteiger partial charge in [-0.2, -0.15) is 0 Å². The van der Waals surface area contributed by atoms with Crippen molar-refractivity contribution in [2.45, 2.75) is 45.1 Å². The van der Waals surface area contributed by atoms with Crippen LogP contribution in [0.25, 0.3) is 11.4 Å². The Kier molecular flexibility index (Phi) is 4.03. The van der Waals surface area contributed by atoms with E-state index in [2.05, 4.69) is 15.5 Å². The fraction of sp³-hybridized carbons (Fsp3) is 0.533. The maximum atomic E-state index is 6.15. The summed E-state index contributed by atoms with van der Waals surface area (Å²) in [6.45, 7) is 2.54. The van der Waals surface area contributed by atoms with Crippen LogP contribution in [-0.4, -0.2) is 26.8 Å². The Balaban J connectivity index is 2.03. The monoisotopic (exact) mass is 287 g/mol. The number of rotatable bonds is 4. The van der Waals surface area contributed by atoms with Crippen LogP contribution < -0.4 is 10.5 Å². The Morgan fingerprint density at radius 2 is 2.10 bits per heavy atom. The van der Waals surface area contributed by atoms with E-state index in [1.54, 1.807) is 0 Å². The van der Waals surface area contributed by atoms with Crippen LogP contribution in [0.1, 0.15) is 45.1 Å². The molecule has 0 spiro atoms. The number of hydrogen-bond acceptors (Lipinski definition) is 5. The number of nitrogen functional groups attached to an aromatic ring is 1. The molecule has 6 nitrogen and oxygen atoms in total. The number of tetrazole rings is 1. The highest BCUT2D eigenvalue weighted by Gasteiger charge is 2.23. The summed E-state index contributed by atoms with van der Waals surface area (Å²) in [4.78, 5) is 0. The highest BCUT2D eigenvalue weighted by atomic mass is 16.5. The van der Waals surface area contributed by atoms with Gasteiger partial charge in [0.25, 0.3) is 0 Å². The van der Waals surface area contributed by atoms with Crippen molar-refractivity contribution in [2.75, 3.05) is 12.3 Å². The van der Waals surface area contributed by atoms with E-state index in [0.717, 1.165) is 24.2 Å². The molecule has 0 unspecified atom stereocenters. The molecule has 1 saturated carbocycles. The van der Waals surface area contributed by atoms with E-state index in [4.69, 9.17) is 10.5 Å². The highest BCUT2D eigenvalue weighted by Crippen LogP contribution is 2.37. The first-order chi connectivity index (χ1) is 10.3. The van der Waals surface area contributed by atoms with Crippen molar-refractivity contribution in [3.63, 3.8) is 0 Å². The van der Waals surface area contributed by atoms with Crippen LogP contribution in [0, 0.1) is 0 Å². The third-order valence-corrected chi connectivity index (χ3v) is 4.00. The van der Waals surface area contributed by atoms with Gasteiger partial charge in [-0.1, -0.05) is 25.3 Å². The minimum Gasteiger partial charge on any atom is -0.493 e. The smallest absolute Gasteiger partial charge is 0.188 e. The molecule has 0 aliphatic heterocycles. The van der Waals surface area contributed by atoms with Gasteiger partial charge < -0.3 is 10.5 Å². The molecule has 1 aliphatic carbocycles. The van der Waals surface area contributed by atoms with E-state index in [1.807, 2.05) is 29.8 Å². The minimum absolute atomic E-state index is 0.359. The molecule has 1 aromatic heterocycles. The van der Waals surface area contributed by atoms with Gasteiger partial charge in [-0.05, 0) is 42.3 Å². The lowest BCUT2D eigenvalue weighted by Gasteiger charge is -2.23. The highest BCUT2D eigenvalue weighted by molar-refractivity contribution is 5.77. The predicted octanol–water partition coefficient (Wildman–Crippen LogP) is 2.83. The molecule has 1 aromatic carbocycles. The maximum Gasteiger partial charge on any atom is 0.188 e. The molecule has 0 radical (unpaired) electrons. The number of anilines is 1. The molecular formula is C15H21N5O. The van der Waals surface area contributed by atoms with E-state index in [1.165, 1.54) is 19.3 Å². The summed E-state index contributed by atoms with van der Waals surface area (Å²) >= 11 is 0. The molecule has 2 aromatic rings. The van der Waals surface area contributed by atoms with Crippen molar-refractivity contribution in [1.82, 2.24) is 20.2 Å². The second-order valence-corrected chi connectivity index (χ2v) is 5.39. The zero-order chi connectivity index (χ0) is 14.7. The molecule has 6 heteroatoms. The summed E-state index contributed by atoms with van der Waals surface area (Å²) in [7, 11) is 0. The topological polar surface area (TPSA) is 78.8 Å². The van der Waals surface area contributed by atoms with E-state index >= 15 is 0 Å². The van der Waals surface area contributed by atoms with Gasteiger partial charge in [0.2, 0.25) is 0 Å². The lowest BCUT2D eigenvalue weighted by Crippen LogP contribution is -2.16. The van der Waals surface area contributed by atoms with Gasteiger partial charge in [-0.25, -0.2) is 4.68 Å². The summed E-state index contributed by atoms with van der Waals surface area (Å²) in [5, 5.41) is 12.3. The predicted molar refractivity (Wildman–Crippen MR) is 81.0 cm³/mol. The second kappa shape index (κ2) is 6.11. The Hall–Kier alpha value is -2.11. The van der Waals surface area contributed by atoms with Gasteiger partial charge in [-0.3, -0.25) is 0 Å². The Morgan fingerprint density at radius 3 is 2.86 bits per heavy atom. The number of aromatic nitrogens is 4. The van der Waals surface area contributed by atoms with Crippen molar-refractivity contribution >= 4 is 5.69 Å². The lowest BCUT2D eigenvalue weighted by atomic mass is 9.95. The number of ether oxygens (including phenoxy) is 1. The summed E-state index contributed by atoms with van der Waals surface area (Å²) in [5.41, 5.74) is 7.60. The van der Waals surface area contributed by atoms with Crippen LogP contribution in [0.15, 0.2) is 18.2 Å². The SMILES string of the molecule is CCOc1cccc(N)c1-c1nnnn1C1CCCCC1. The Morgan fingerprint density at radius 1 is 1.29 bits per heavy atom. The maximum absolute atomic E-state index is 6.15. The van der Waals surface area contributed by atoms with Crippen LogP contribution in [0.2, 0.25) is 0 Å². The first-order valence-corrected chi connectivity index (χ1v) is 7.60. The minimum atomic E-state index is 0.359. The van der Waals surface area contributed by atoms with Crippen LogP contribution in [0.3, 0.4) is 0 Å². The first kappa shape index (κ1) is 13.9. The molecule has 2 N–H and O–H groups in total. The zero-order valence-electron chi connectivity index (χ0n) is 12.3. The fourth-order valence-electron chi connectivity index (χ4n) is 2.99. The third-order valence-electron chi connectivity index (χ3n) is 4.00. The van der Waals surface area contributed by atoms with Crippen molar-refractivity contribution in [3.05, 3.63) is 18.2 Å². The van der Waals surface area contributed by atoms with Crippen LogP contribution in [0.4, 0.5) is 5.69 Å². The molecule has 0 atom stereocenters. The van der Waals surface area contributed by atoms with Crippen LogP contribution >= 0.6 is 0 Å². The van der Waals surface area contributed by atoms with E-state index in [-0.39, 0.29) is 0 Å². The number of nitrogens with zero attached hydrogens (tertiary/aromatic N) is 4. The van der Waals surface area contributed by atoms with Gasteiger partial charge >= 0.3 is 0 Å². The first-order valence-electron chi connectivity index (χ1n) is 7.60. The van der Waals surface area contributed by atoms with Gasteiger partial charge in [0.05, 0.1) is 18.2 Å². The van der Waals surface area contributed by atoms with E-state index < -0.39 is 0 Å². The quantitative estimate of drug-likeness (QED) is 0.875. The third kappa shape index (κ3) is 2.70.